The fourth-order valence-corrected chi connectivity index (χ4v) is 1.49. The topological polar surface area (TPSA) is 35.5 Å². The summed E-state index contributed by atoms with van der Waals surface area (Å²) in [4.78, 5) is 10.5. The van der Waals surface area contributed by atoms with E-state index in [9.17, 15) is 9.18 Å². The maximum absolute atomic E-state index is 13.6. The Kier molecular flexibility index (Phi) is 3.57. The van der Waals surface area contributed by atoms with Crippen LogP contribution in [0.15, 0.2) is 42.5 Å². The molecule has 2 aromatic carbocycles. The molecule has 0 saturated heterocycles. The Labute approximate surface area is 104 Å². The molecule has 2 aromatic rings. The van der Waals surface area contributed by atoms with E-state index in [1.807, 2.05) is 0 Å². The number of rotatable bonds is 4. The van der Waals surface area contributed by atoms with E-state index in [1.54, 1.807) is 24.3 Å². The summed E-state index contributed by atoms with van der Waals surface area (Å²) >= 11 is 0. The lowest BCUT2D eigenvalue weighted by Gasteiger charge is -2.10. The van der Waals surface area contributed by atoms with Gasteiger partial charge < -0.3 is 9.47 Å². The number of para-hydroxylation sites is 2. The quantitative estimate of drug-likeness (QED) is 0.775. The summed E-state index contributed by atoms with van der Waals surface area (Å²) in [6.07, 6.45) is 0.579. The lowest BCUT2D eigenvalue weighted by Crippen LogP contribution is -1.93. The summed E-state index contributed by atoms with van der Waals surface area (Å²) < 4.78 is 24.1. The van der Waals surface area contributed by atoms with Crippen LogP contribution in [-0.2, 0) is 0 Å². The van der Waals surface area contributed by atoms with Gasteiger partial charge in [-0.15, -0.1) is 0 Å². The number of carbonyl (C=O) groups is 1. The molecule has 2 rings (SSSR count). The minimum Gasteiger partial charge on any atom is -0.493 e. The van der Waals surface area contributed by atoms with Crippen LogP contribution in [0.1, 0.15) is 10.4 Å². The van der Waals surface area contributed by atoms with Crippen LogP contribution in [0.2, 0.25) is 0 Å². The van der Waals surface area contributed by atoms with Gasteiger partial charge in [-0.2, -0.15) is 0 Å². The highest BCUT2D eigenvalue weighted by molar-refractivity contribution is 5.75. The summed E-state index contributed by atoms with van der Waals surface area (Å²) in [6.45, 7) is 0. The molecule has 0 bridgehead atoms. The minimum absolute atomic E-state index is 0.0464. The molecule has 0 unspecified atom stereocenters. The second-order valence-electron chi connectivity index (χ2n) is 3.56. The molecule has 0 atom stereocenters. The molecule has 3 nitrogen and oxygen atoms in total. The standard InChI is InChI=1S/C14H11FO3/c1-17-13-4-2-3-5-14(13)18-12-7-6-10(9-16)8-11(12)15/h2-9H,1H3. The largest absolute Gasteiger partial charge is 0.493 e. The van der Waals surface area contributed by atoms with Crippen LogP contribution in [0.25, 0.3) is 0 Å². The number of halogens is 1. The summed E-state index contributed by atoms with van der Waals surface area (Å²) in [5.41, 5.74) is 0.264. The third-order valence-corrected chi connectivity index (χ3v) is 2.38. The van der Waals surface area contributed by atoms with Gasteiger partial charge in [0.05, 0.1) is 7.11 Å². The molecule has 0 heterocycles. The highest BCUT2D eigenvalue weighted by atomic mass is 19.1. The van der Waals surface area contributed by atoms with E-state index in [1.165, 1.54) is 19.2 Å². The van der Waals surface area contributed by atoms with Gasteiger partial charge in [0.2, 0.25) is 0 Å². The molecule has 18 heavy (non-hydrogen) atoms. The normalized spacial score (nSPS) is 9.89. The number of ether oxygens (including phenoxy) is 2. The Balaban J connectivity index is 2.31. The van der Waals surface area contributed by atoms with Crippen LogP contribution in [0.4, 0.5) is 4.39 Å². The van der Waals surface area contributed by atoms with E-state index in [-0.39, 0.29) is 11.3 Å². The Hall–Kier alpha value is -2.36. The van der Waals surface area contributed by atoms with E-state index in [0.29, 0.717) is 17.8 Å². The van der Waals surface area contributed by atoms with Gasteiger partial charge in [0.25, 0.3) is 0 Å². The van der Waals surface area contributed by atoms with Crippen molar-refractivity contribution < 1.29 is 18.7 Å². The number of aldehydes is 1. The second-order valence-corrected chi connectivity index (χ2v) is 3.56. The van der Waals surface area contributed by atoms with Crippen molar-refractivity contribution >= 4 is 6.29 Å². The fraction of sp³-hybridized carbons (Fsp3) is 0.0714. The Bertz CT molecular complexity index is 567. The number of benzene rings is 2. The summed E-state index contributed by atoms with van der Waals surface area (Å²) in [5.74, 6) is 0.379. The zero-order chi connectivity index (χ0) is 13.0. The van der Waals surface area contributed by atoms with E-state index < -0.39 is 5.82 Å². The van der Waals surface area contributed by atoms with Gasteiger partial charge in [0, 0.05) is 5.56 Å². The van der Waals surface area contributed by atoms with Gasteiger partial charge in [-0.3, -0.25) is 4.79 Å². The van der Waals surface area contributed by atoms with E-state index >= 15 is 0 Å². The SMILES string of the molecule is COc1ccccc1Oc1ccc(C=O)cc1F. The smallest absolute Gasteiger partial charge is 0.169 e. The van der Waals surface area contributed by atoms with Gasteiger partial charge in [-0.05, 0) is 30.3 Å². The molecule has 4 heteroatoms. The molecule has 0 aliphatic heterocycles. The summed E-state index contributed by atoms with van der Waals surface area (Å²) in [6, 6.07) is 11.0. The molecule has 0 amide bonds. The van der Waals surface area contributed by atoms with Crippen molar-refractivity contribution in [1.29, 1.82) is 0 Å². The van der Waals surface area contributed by atoms with Crippen molar-refractivity contribution in [2.24, 2.45) is 0 Å². The van der Waals surface area contributed by atoms with E-state index in [2.05, 4.69) is 0 Å². The van der Waals surface area contributed by atoms with Crippen molar-refractivity contribution in [2.75, 3.05) is 7.11 Å². The molecule has 92 valence electrons. The summed E-state index contributed by atoms with van der Waals surface area (Å²) in [7, 11) is 1.51. The molecule has 0 aliphatic rings. The number of hydrogen-bond acceptors (Lipinski definition) is 3. The third kappa shape index (κ3) is 2.48. The van der Waals surface area contributed by atoms with Crippen LogP contribution >= 0.6 is 0 Å². The predicted molar refractivity (Wildman–Crippen MR) is 64.9 cm³/mol. The monoisotopic (exact) mass is 246 g/mol. The maximum Gasteiger partial charge on any atom is 0.169 e. The molecular formula is C14H11FO3. The lowest BCUT2D eigenvalue weighted by atomic mass is 10.2. The van der Waals surface area contributed by atoms with Gasteiger partial charge in [-0.25, -0.2) is 4.39 Å². The van der Waals surface area contributed by atoms with Crippen molar-refractivity contribution in [2.45, 2.75) is 0 Å². The fourth-order valence-electron chi connectivity index (χ4n) is 1.49. The molecule has 0 N–H and O–H groups in total. The van der Waals surface area contributed by atoms with E-state index in [0.717, 1.165) is 6.07 Å². The molecule has 0 aliphatic carbocycles. The summed E-state index contributed by atoms with van der Waals surface area (Å²) in [5, 5.41) is 0. The van der Waals surface area contributed by atoms with Crippen LogP contribution in [0.5, 0.6) is 17.2 Å². The molecular weight excluding hydrogens is 235 g/mol. The van der Waals surface area contributed by atoms with E-state index in [4.69, 9.17) is 9.47 Å². The Morgan fingerprint density at radius 2 is 1.78 bits per heavy atom. The highest BCUT2D eigenvalue weighted by Crippen LogP contribution is 2.32. The van der Waals surface area contributed by atoms with Crippen molar-refractivity contribution in [1.82, 2.24) is 0 Å². The Morgan fingerprint density at radius 3 is 2.39 bits per heavy atom. The first-order chi connectivity index (χ1) is 8.74. The second kappa shape index (κ2) is 5.31. The number of methoxy groups -OCH3 is 1. The van der Waals surface area contributed by atoms with Crippen molar-refractivity contribution in [3.05, 3.63) is 53.8 Å². The third-order valence-electron chi connectivity index (χ3n) is 2.38. The average molecular weight is 246 g/mol. The molecule has 0 aromatic heterocycles. The molecule has 0 radical (unpaired) electrons. The first kappa shape index (κ1) is 12.1. The van der Waals surface area contributed by atoms with Crippen LogP contribution < -0.4 is 9.47 Å². The van der Waals surface area contributed by atoms with Crippen LogP contribution in [0.3, 0.4) is 0 Å². The number of carbonyl (C=O) groups excluding carboxylic acids is 1. The number of hydrogen-bond donors (Lipinski definition) is 0. The minimum atomic E-state index is -0.592. The first-order valence-corrected chi connectivity index (χ1v) is 5.30. The van der Waals surface area contributed by atoms with Crippen molar-refractivity contribution in [3.8, 4) is 17.2 Å². The maximum atomic E-state index is 13.6. The zero-order valence-electron chi connectivity index (χ0n) is 9.72. The van der Waals surface area contributed by atoms with Crippen molar-refractivity contribution in [3.63, 3.8) is 0 Å². The average Bonchev–Trinajstić information content (AvgIpc) is 2.41. The van der Waals surface area contributed by atoms with Gasteiger partial charge in [0.15, 0.2) is 23.1 Å². The predicted octanol–water partition coefficient (Wildman–Crippen LogP) is 3.44. The molecule has 0 saturated carbocycles. The van der Waals surface area contributed by atoms with Gasteiger partial charge in [0.1, 0.15) is 6.29 Å². The van der Waals surface area contributed by atoms with Crippen LogP contribution in [-0.4, -0.2) is 13.4 Å². The zero-order valence-corrected chi connectivity index (χ0v) is 9.72. The molecule has 0 fully saturated rings. The lowest BCUT2D eigenvalue weighted by molar-refractivity contribution is 0.112. The van der Waals surface area contributed by atoms with Gasteiger partial charge in [-0.1, -0.05) is 12.1 Å². The Morgan fingerprint density at radius 1 is 1.06 bits per heavy atom. The molecule has 0 spiro atoms. The van der Waals surface area contributed by atoms with Gasteiger partial charge >= 0.3 is 0 Å². The first-order valence-electron chi connectivity index (χ1n) is 5.30. The van der Waals surface area contributed by atoms with Crippen LogP contribution in [0, 0.1) is 5.82 Å². The highest BCUT2D eigenvalue weighted by Gasteiger charge is 2.09.